The fourth-order valence-corrected chi connectivity index (χ4v) is 0.586. The van der Waals surface area contributed by atoms with Crippen molar-refractivity contribution in [1.29, 1.82) is 0 Å². The molecule has 5 heteroatoms. The summed E-state index contributed by atoms with van der Waals surface area (Å²) in [5, 5.41) is 3.82. The van der Waals surface area contributed by atoms with E-state index in [-0.39, 0.29) is 6.54 Å². The molecule has 1 aromatic rings. The molecular weight excluding hydrogens is 146 g/mol. The fourth-order valence-electron chi connectivity index (χ4n) is 0.586. The van der Waals surface area contributed by atoms with Crippen LogP contribution in [0.1, 0.15) is 5.69 Å². The van der Waals surface area contributed by atoms with E-state index < -0.39 is 5.97 Å². The van der Waals surface area contributed by atoms with Crippen molar-refractivity contribution < 1.29 is 9.63 Å². The van der Waals surface area contributed by atoms with Crippen molar-refractivity contribution >= 4 is 5.97 Å². The zero-order valence-electron chi connectivity index (χ0n) is 6.15. The minimum absolute atomic E-state index is 0.140. The number of nitrogens with zero attached hydrogens (tertiary/aromatic N) is 2. The normalized spacial score (nSPS) is 9.64. The summed E-state index contributed by atoms with van der Waals surface area (Å²) >= 11 is 0. The number of nitrogens with two attached hydrogens (primary N) is 1. The van der Waals surface area contributed by atoms with Gasteiger partial charge in [-0.15, -0.1) is 5.10 Å². The van der Waals surface area contributed by atoms with Crippen molar-refractivity contribution in [2.24, 2.45) is 5.73 Å². The van der Waals surface area contributed by atoms with Crippen LogP contribution >= 0.6 is 0 Å². The molecule has 0 fully saturated rings. The standard InChI is InChI=1S/C6H9N3O2/c1-5-2-3-9(8-5)11-6(10)4-7/h2-3H,4,7H2,1H3. The van der Waals surface area contributed by atoms with Crippen molar-refractivity contribution in [3.8, 4) is 0 Å². The summed E-state index contributed by atoms with van der Waals surface area (Å²) < 4.78 is 0. The average molecular weight is 155 g/mol. The third kappa shape index (κ3) is 2.05. The van der Waals surface area contributed by atoms with Crippen LogP contribution in [-0.2, 0) is 4.79 Å². The largest absolute Gasteiger partial charge is 0.348 e. The van der Waals surface area contributed by atoms with Crippen molar-refractivity contribution in [2.75, 3.05) is 6.54 Å². The number of aromatic nitrogens is 2. The van der Waals surface area contributed by atoms with Gasteiger partial charge in [0.25, 0.3) is 0 Å². The molecule has 60 valence electrons. The molecule has 1 aromatic heterocycles. The van der Waals surface area contributed by atoms with Crippen molar-refractivity contribution in [3.63, 3.8) is 0 Å². The second-order valence-corrected chi connectivity index (χ2v) is 2.03. The van der Waals surface area contributed by atoms with Crippen molar-refractivity contribution in [3.05, 3.63) is 18.0 Å². The molecule has 0 bridgehead atoms. The van der Waals surface area contributed by atoms with Crippen LogP contribution in [0.4, 0.5) is 0 Å². The smallest absolute Gasteiger partial charge is 0.321 e. The topological polar surface area (TPSA) is 70.1 Å². The molecule has 0 aromatic carbocycles. The monoisotopic (exact) mass is 155 g/mol. The predicted molar refractivity (Wildman–Crippen MR) is 37.6 cm³/mol. The first kappa shape index (κ1) is 7.74. The Morgan fingerprint density at radius 3 is 3.09 bits per heavy atom. The first-order chi connectivity index (χ1) is 5.22. The van der Waals surface area contributed by atoms with Gasteiger partial charge < -0.3 is 10.6 Å². The van der Waals surface area contributed by atoms with Crippen LogP contribution in [0.5, 0.6) is 0 Å². The number of carbonyl (C=O) groups excluding carboxylic acids is 1. The molecule has 2 N–H and O–H groups in total. The van der Waals surface area contributed by atoms with Gasteiger partial charge >= 0.3 is 5.97 Å². The highest BCUT2D eigenvalue weighted by Gasteiger charge is 2.00. The van der Waals surface area contributed by atoms with E-state index in [1.807, 2.05) is 0 Å². The van der Waals surface area contributed by atoms with E-state index in [1.54, 1.807) is 19.2 Å². The fraction of sp³-hybridized carbons (Fsp3) is 0.333. The molecule has 0 aliphatic heterocycles. The highest BCUT2D eigenvalue weighted by atomic mass is 16.7. The second-order valence-electron chi connectivity index (χ2n) is 2.03. The zero-order valence-corrected chi connectivity index (χ0v) is 6.15. The van der Waals surface area contributed by atoms with Crippen LogP contribution in [0.25, 0.3) is 0 Å². The number of rotatable bonds is 2. The lowest BCUT2D eigenvalue weighted by molar-refractivity contribution is -0.144. The maximum atomic E-state index is 10.6. The molecular formula is C6H9N3O2. The van der Waals surface area contributed by atoms with Gasteiger partial charge in [-0.3, -0.25) is 0 Å². The third-order valence-electron chi connectivity index (χ3n) is 1.06. The predicted octanol–water partition coefficient (Wildman–Crippen LogP) is -0.895. The molecule has 5 nitrogen and oxygen atoms in total. The van der Waals surface area contributed by atoms with Crippen LogP contribution in [0.2, 0.25) is 0 Å². The molecule has 0 atom stereocenters. The van der Waals surface area contributed by atoms with Crippen LogP contribution < -0.4 is 10.6 Å². The molecule has 0 unspecified atom stereocenters. The Morgan fingerprint density at radius 1 is 1.91 bits per heavy atom. The molecule has 1 rings (SSSR count). The molecule has 1 heterocycles. The Morgan fingerprint density at radius 2 is 2.64 bits per heavy atom. The van der Waals surface area contributed by atoms with Gasteiger partial charge in [0.2, 0.25) is 0 Å². The van der Waals surface area contributed by atoms with Gasteiger partial charge in [0.15, 0.2) is 0 Å². The van der Waals surface area contributed by atoms with Crippen LogP contribution in [0.15, 0.2) is 12.3 Å². The molecule has 0 saturated heterocycles. The van der Waals surface area contributed by atoms with Crippen LogP contribution in [0, 0.1) is 6.92 Å². The molecule has 0 aliphatic carbocycles. The van der Waals surface area contributed by atoms with E-state index in [4.69, 9.17) is 5.73 Å². The Hall–Kier alpha value is -1.36. The number of aryl methyl sites for hydroxylation is 1. The first-order valence-corrected chi connectivity index (χ1v) is 3.16. The van der Waals surface area contributed by atoms with Crippen molar-refractivity contribution in [1.82, 2.24) is 9.94 Å². The van der Waals surface area contributed by atoms with E-state index >= 15 is 0 Å². The Labute approximate surface area is 63.7 Å². The summed E-state index contributed by atoms with van der Waals surface area (Å²) in [6.07, 6.45) is 1.54. The van der Waals surface area contributed by atoms with Gasteiger partial charge in [0.1, 0.15) is 0 Å². The van der Waals surface area contributed by atoms with E-state index in [0.29, 0.717) is 0 Å². The van der Waals surface area contributed by atoms with E-state index in [0.717, 1.165) is 10.5 Å². The lowest BCUT2D eigenvalue weighted by Crippen LogP contribution is -2.27. The summed E-state index contributed by atoms with van der Waals surface area (Å²) in [5.41, 5.74) is 5.80. The maximum Gasteiger partial charge on any atom is 0.348 e. The molecule has 0 aliphatic rings. The quantitative estimate of drug-likeness (QED) is 0.601. The second kappa shape index (κ2) is 3.16. The summed E-state index contributed by atoms with van der Waals surface area (Å²) in [5.74, 6) is -0.506. The zero-order chi connectivity index (χ0) is 8.27. The molecule has 0 amide bonds. The summed E-state index contributed by atoms with van der Waals surface area (Å²) in [4.78, 5) is 16.3. The summed E-state index contributed by atoms with van der Waals surface area (Å²) in [6.45, 7) is 1.66. The van der Waals surface area contributed by atoms with Gasteiger partial charge in [0, 0.05) is 0 Å². The van der Waals surface area contributed by atoms with Gasteiger partial charge in [-0.05, 0) is 13.0 Å². The minimum atomic E-state index is -0.506. The van der Waals surface area contributed by atoms with Crippen LogP contribution in [0.3, 0.4) is 0 Å². The molecule has 0 radical (unpaired) electrons. The van der Waals surface area contributed by atoms with Crippen LogP contribution in [-0.4, -0.2) is 22.5 Å². The van der Waals surface area contributed by atoms with Gasteiger partial charge in [-0.25, -0.2) is 4.79 Å². The maximum absolute atomic E-state index is 10.6. The number of hydrogen-bond acceptors (Lipinski definition) is 4. The lowest BCUT2D eigenvalue weighted by atomic mass is 10.5. The SMILES string of the molecule is Cc1ccn(OC(=O)CN)n1. The van der Waals surface area contributed by atoms with E-state index in [2.05, 4.69) is 9.94 Å². The lowest BCUT2D eigenvalue weighted by Gasteiger charge is -1.98. The molecule has 0 spiro atoms. The van der Waals surface area contributed by atoms with E-state index in [9.17, 15) is 4.79 Å². The Bertz CT molecular complexity index is 256. The van der Waals surface area contributed by atoms with Gasteiger partial charge in [0.05, 0.1) is 18.4 Å². The van der Waals surface area contributed by atoms with E-state index in [1.165, 1.54) is 0 Å². The van der Waals surface area contributed by atoms with Crippen molar-refractivity contribution in [2.45, 2.75) is 6.92 Å². The molecule has 11 heavy (non-hydrogen) atoms. The number of hydrogen-bond donors (Lipinski definition) is 1. The van der Waals surface area contributed by atoms with Gasteiger partial charge in [-0.2, -0.15) is 0 Å². The molecule has 0 saturated carbocycles. The highest BCUT2D eigenvalue weighted by molar-refractivity contribution is 5.71. The first-order valence-electron chi connectivity index (χ1n) is 3.16. The Balaban J connectivity index is 2.57. The third-order valence-corrected chi connectivity index (χ3v) is 1.06. The minimum Gasteiger partial charge on any atom is -0.321 e. The van der Waals surface area contributed by atoms with Gasteiger partial charge in [-0.1, -0.05) is 4.85 Å². The Kier molecular flexibility index (Phi) is 2.22. The highest BCUT2D eigenvalue weighted by Crippen LogP contribution is 1.88. The summed E-state index contributed by atoms with van der Waals surface area (Å²) in [6, 6.07) is 1.73. The number of carbonyl (C=O) groups is 1. The summed E-state index contributed by atoms with van der Waals surface area (Å²) in [7, 11) is 0. The average Bonchev–Trinajstić information content (AvgIpc) is 2.35.